The molecule has 0 spiro atoms. The highest BCUT2D eigenvalue weighted by atomic mass is 16.5. The Balaban J connectivity index is 1.68. The van der Waals surface area contributed by atoms with Crippen LogP contribution in [-0.4, -0.2) is 19.8 Å². The quantitative estimate of drug-likeness (QED) is 0.930. The monoisotopic (exact) mass is 279 g/mol. The number of benzene rings is 2. The van der Waals surface area contributed by atoms with Crippen LogP contribution in [0.2, 0.25) is 0 Å². The number of nitrogens with one attached hydrogen (secondary N) is 1. The fraction of sp³-hybridized carbons (Fsp3) is 0.368. The predicted octanol–water partition coefficient (Wildman–Crippen LogP) is 3.31. The Labute approximate surface area is 126 Å². The van der Waals surface area contributed by atoms with E-state index in [2.05, 4.69) is 60.8 Å². The van der Waals surface area contributed by atoms with Crippen LogP contribution in [0.25, 0.3) is 0 Å². The summed E-state index contributed by atoms with van der Waals surface area (Å²) in [5.41, 5.74) is 6.05. The van der Waals surface area contributed by atoms with Gasteiger partial charge in [-0.25, -0.2) is 0 Å². The number of hydrogen-bond donors (Lipinski definition) is 1. The van der Waals surface area contributed by atoms with E-state index < -0.39 is 0 Å². The Hall–Kier alpha value is -1.64. The molecule has 1 aliphatic carbocycles. The minimum atomic E-state index is 0.293. The Bertz CT molecular complexity index is 615. The second-order valence-corrected chi connectivity index (χ2v) is 6.69. The van der Waals surface area contributed by atoms with Gasteiger partial charge in [-0.15, -0.1) is 0 Å². The summed E-state index contributed by atoms with van der Waals surface area (Å²) in [7, 11) is 0. The van der Waals surface area contributed by atoms with Crippen molar-refractivity contribution in [2.45, 2.75) is 19.4 Å². The van der Waals surface area contributed by atoms with Crippen LogP contribution in [-0.2, 0) is 11.2 Å². The summed E-state index contributed by atoms with van der Waals surface area (Å²) in [6.45, 7) is 5.04. The lowest BCUT2D eigenvalue weighted by molar-refractivity contribution is -0.0997. The third kappa shape index (κ3) is 2.29. The summed E-state index contributed by atoms with van der Waals surface area (Å²) >= 11 is 0. The van der Waals surface area contributed by atoms with Crippen molar-refractivity contribution in [3.05, 3.63) is 70.8 Å². The van der Waals surface area contributed by atoms with Gasteiger partial charge in [0.15, 0.2) is 0 Å². The van der Waals surface area contributed by atoms with Crippen molar-refractivity contribution in [3.63, 3.8) is 0 Å². The fourth-order valence-corrected chi connectivity index (χ4v) is 3.45. The molecule has 1 saturated heterocycles. The molecule has 1 N–H and O–H groups in total. The smallest absolute Gasteiger partial charge is 0.0582 e. The fourth-order valence-electron chi connectivity index (χ4n) is 3.45. The maximum absolute atomic E-state index is 5.38. The lowest BCUT2D eigenvalue weighted by Crippen LogP contribution is -2.48. The largest absolute Gasteiger partial charge is 0.380 e. The molecule has 0 radical (unpaired) electrons. The van der Waals surface area contributed by atoms with Gasteiger partial charge in [-0.2, -0.15) is 0 Å². The standard InChI is InChI=1S/C19H21NO/c1-19(12-21-13-19)11-20-18-16-8-4-2-6-14(16)10-15-7-3-5-9-17(15)18/h2-9,18,20H,10-13H2,1H3. The topological polar surface area (TPSA) is 21.3 Å². The van der Waals surface area contributed by atoms with Crippen molar-refractivity contribution >= 4 is 0 Å². The van der Waals surface area contributed by atoms with Crippen LogP contribution in [0.5, 0.6) is 0 Å². The summed E-state index contributed by atoms with van der Waals surface area (Å²) in [5, 5.41) is 3.80. The van der Waals surface area contributed by atoms with Gasteiger partial charge in [0.1, 0.15) is 0 Å². The number of fused-ring (bicyclic) bond motifs is 2. The van der Waals surface area contributed by atoms with Gasteiger partial charge < -0.3 is 10.1 Å². The molecule has 0 saturated carbocycles. The molecule has 108 valence electrons. The predicted molar refractivity (Wildman–Crippen MR) is 84.5 cm³/mol. The second kappa shape index (κ2) is 4.97. The van der Waals surface area contributed by atoms with Crippen molar-refractivity contribution in [1.82, 2.24) is 5.32 Å². The average molecular weight is 279 g/mol. The van der Waals surface area contributed by atoms with E-state index in [4.69, 9.17) is 4.74 Å². The van der Waals surface area contributed by atoms with Crippen LogP contribution < -0.4 is 5.32 Å². The molecular weight excluding hydrogens is 258 g/mol. The molecule has 2 aromatic carbocycles. The van der Waals surface area contributed by atoms with Crippen LogP contribution in [0.4, 0.5) is 0 Å². The maximum Gasteiger partial charge on any atom is 0.0582 e. The van der Waals surface area contributed by atoms with Gasteiger partial charge in [0.2, 0.25) is 0 Å². The van der Waals surface area contributed by atoms with E-state index in [1.807, 2.05) is 0 Å². The number of rotatable bonds is 3. The summed E-state index contributed by atoms with van der Waals surface area (Å²) in [5.74, 6) is 0. The third-order valence-electron chi connectivity index (χ3n) is 4.75. The molecule has 1 fully saturated rings. The van der Waals surface area contributed by atoms with E-state index in [0.717, 1.165) is 26.2 Å². The van der Waals surface area contributed by atoms with Crippen LogP contribution >= 0.6 is 0 Å². The first kappa shape index (κ1) is 13.1. The summed E-state index contributed by atoms with van der Waals surface area (Å²) < 4.78 is 5.38. The Kier molecular flexibility index (Phi) is 3.09. The van der Waals surface area contributed by atoms with Gasteiger partial charge in [0.05, 0.1) is 19.3 Å². The molecule has 21 heavy (non-hydrogen) atoms. The highest BCUT2D eigenvalue weighted by Gasteiger charge is 2.35. The lowest BCUT2D eigenvalue weighted by Gasteiger charge is -2.40. The van der Waals surface area contributed by atoms with Crippen molar-refractivity contribution < 1.29 is 4.74 Å². The molecule has 0 amide bonds. The SMILES string of the molecule is CC1(CNC2c3ccccc3Cc3ccccc32)COC1. The Morgan fingerprint density at radius 1 is 1.00 bits per heavy atom. The van der Waals surface area contributed by atoms with Crippen molar-refractivity contribution in [3.8, 4) is 0 Å². The third-order valence-corrected chi connectivity index (χ3v) is 4.75. The van der Waals surface area contributed by atoms with E-state index in [1.165, 1.54) is 22.3 Å². The van der Waals surface area contributed by atoms with E-state index in [9.17, 15) is 0 Å². The van der Waals surface area contributed by atoms with Gasteiger partial charge in [-0.05, 0) is 28.7 Å². The Morgan fingerprint density at radius 3 is 2.10 bits per heavy atom. The second-order valence-electron chi connectivity index (χ2n) is 6.69. The zero-order valence-electron chi connectivity index (χ0n) is 12.4. The highest BCUT2D eigenvalue weighted by molar-refractivity contribution is 5.48. The maximum atomic E-state index is 5.38. The van der Waals surface area contributed by atoms with E-state index in [0.29, 0.717) is 11.5 Å². The average Bonchev–Trinajstić information content (AvgIpc) is 2.49. The molecule has 0 atom stereocenters. The minimum absolute atomic E-state index is 0.293. The van der Waals surface area contributed by atoms with Crippen LogP contribution in [0.15, 0.2) is 48.5 Å². The molecular formula is C19H21NO. The molecule has 2 nitrogen and oxygen atoms in total. The van der Waals surface area contributed by atoms with Gasteiger partial charge >= 0.3 is 0 Å². The van der Waals surface area contributed by atoms with Crippen LogP contribution in [0.3, 0.4) is 0 Å². The zero-order chi connectivity index (χ0) is 14.3. The zero-order valence-corrected chi connectivity index (χ0v) is 12.4. The normalized spacial score (nSPS) is 19.5. The number of ether oxygens (including phenoxy) is 1. The number of hydrogen-bond acceptors (Lipinski definition) is 2. The molecule has 1 heterocycles. The van der Waals surface area contributed by atoms with Crippen molar-refractivity contribution in [2.24, 2.45) is 5.41 Å². The summed E-state index contributed by atoms with van der Waals surface area (Å²) in [6, 6.07) is 17.9. The van der Waals surface area contributed by atoms with E-state index in [1.54, 1.807) is 0 Å². The van der Waals surface area contributed by atoms with Crippen LogP contribution in [0.1, 0.15) is 35.2 Å². The van der Waals surface area contributed by atoms with Gasteiger partial charge in [0, 0.05) is 12.0 Å². The van der Waals surface area contributed by atoms with Crippen molar-refractivity contribution in [1.29, 1.82) is 0 Å². The molecule has 2 aromatic rings. The highest BCUT2D eigenvalue weighted by Crippen LogP contribution is 2.36. The molecule has 4 rings (SSSR count). The molecule has 0 aromatic heterocycles. The molecule has 2 aliphatic rings. The summed E-state index contributed by atoms with van der Waals surface area (Å²) in [4.78, 5) is 0. The van der Waals surface area contributed by atoms with Gasteiger partial charge in [-0.1, -0.05) is 55.5 Å². The summed E-state index contributed by atoms with van der Waals surface area (Å²) in [6.07, 6.45) is 1.05. The lowest BCUT2D eigenvalue weighted by atomic mass is 9.81. The van der Waals surface area contributed by atoms with E-state index >= 15 is 0 Å². The van der Waals surface area contributed by atoms with E-state index in [-0.39, 0.29) is 0 Å². The van der Waals surface area contributed by atoms with Crippen LogP contribution in [0, 0.1) is 5.41 Å². The molecule has 0 unspecified atom stereocenters. The van der Waals surface area contributed by atoms with Gasteiger partial charge in [0.25, 0.3) is 0 Å². The minimum Gasteiger partial charge on any atom is -0.380 e. The molecule has 0 bridgehead atoms. The molecule has 2 heteroatoms. The first-order valence-corrected chi connectivity index (χ1v) is 7.72. The Morgan fingerprint density at radius 2 is 1.57 bits per heavy atom. The first-order valence-electron chi connectivity index (χ1n) is 7.72. The first-order chi connectivity index (χ1) is 10.3. The van der Waals surface area contributed by atoms with Crippen molar-refractivity contribution in [2.75, 3.05) is 19.8 Å². The molecule has 1 aliphatic heterocycles. The van der Waals surface area contributed by atoms with Gasteiger partial charge in [-0.3, -0.25) is 0 Å².